The quantitative estimate of drug-likeness (QED) is 0.804. The van der Waals surface area contributed by atoms with E-state index in [4.69, 9.17) is 0 Å². The summed E-state index contributed by atoms with van der Waals surface area (Å²) in [6.45, 7) is 4.29. The van der Waals surface area contributed by atoms with Crippen molar-refractivity contribution in [3.8, 4) is 0 Å². The number of para-hydroxylation sites is 1. The number of carbonyl (C=O) groups is 1. The Hall–Kier alpha value is -2.56. The van der Waals surface area contributed by atoms with E-state index in [1.165, 1.54) is 0 Å². The van der Waals surface area contributed by atoms with Crippen LogP contribution in [0.15, 0.2) is 42.7 Å². The summed E-state index contributed by atoms with van der Waals surface area (Å²) < 4.78 is 3.87. The molecule has 0 unspecified atom stereocenters. The summed E-state index contributed by atoms with van der Waals surface area (Å²) in [7, 11) is 1.83. The van der Waals surface area contributed by atoms with Gasteiger partial charge in [-0.2, -0.15) is 5.10 Å². The number of carbonyl (C=O) groups excluding carboxylic acids is 1. The molecule has 0 atom stereocenters. The molecule has 1 amide bonds. The van der Waals surface area contributed by atoms with Gasteiger partial charge in [-0.05, 0) is 25.5 Å². The van der Waals surface area contributed by atoms with Gasteiger partial charge in [0.2, 0.25) is 5.91 Å². The molecule has 114 valence electrons. The molecule has 0 aliphatic heterocycles. The predicted molar refractivity (Wildman–Crippen MR) is 87.9 cm³/mol. The van der Waals surface area contributed by atoms with Gasteiger partial charge in [0.05, 0.1) is 6.42 Å². The molecule has 0 aliphatic carbocycles. The Labute approximate surface area is 129 Å². The van der Waals surface area contributed by atoms with Crippen LogP contribution < -0.4 is 5.32 Å². The number of amides is 1. The first kappa shape index (κ1) is 14.4. The first-order valence-corrected chi connectivity index (χ1v) is 7.42. The highest BCUT2D eigenvalue weighted by Gasteiger charge is 2.13. The van der Waals surface area contributed by atoms with Crippen molar-refractivity contribution in [3.63, 3.8) is 0 Å². The molecule has 1 N–H and O–H groups in total. The smallest absolute Gasteiger partial charge is 0.230 e. The number of aryl methyl sites for hydroxylation is 1. The SMILES string of the molecule is CC(C)n1cc(CC(=O)Nc2ccn(C)n2)c2ccccc21. The maximum Gasteiger partial charge on any atom is 0.230 e. The zero-order valence-corrected chi connectivity index (χ0v) is 13.1. The Bertz CT molecular complexity index is 813. The molecule has 0 aliphatic rings. The van der Waals surface area contributed by atoms with E-state index >= 15 is 0 Å². The summed E-state index contributed by atoms with van der Waals surface area (Å²) >= 11 is 0. The van der Waals surface area contributed by atoms with Crippen LogP contribution in [-0.4, -0.2) is 20.3 Å². The fourth-order valence-electron chi connectivity index (χ4n) is 2.69. The number of hydrogen-bond donors (Lipinski definition) is 1. The predicted octanol–water partition coefficient (Wildman–Crippen LogP) is 3.14. The average Bonchev–Trinajstić information content (AvgIpc) is 3.03. The second-order valence-electron chi connectivity index (χ2n) is 5.77. The van der Waals surface area contributed by atoms with Gasteiger partial charge < -0.3 is 9.88 Å². The number of nitrogens with one attached hydrogen (secondary N) is 1. The van der Waals surface area contributed by atoms with E-state index in [1.54, 1.807) is 16.9 Å². The lowest BCUT2D eigenvalue weighted by molar-refractivity contribution is -0.115. The van der Waals surface area contributed by atoms with Gasteiger partial charge in [0.15, 0.2) is 5.82 Å². The molecule has 5 heteroatoms. The van der Waals surface area contributed by atoms with Crippen molar-refractivity contribution < 1.29 is 4.79 Å². The molecule has 3 aromatic rings. The van der Waals surface area contributed by atoms with Crippen LogP contribution in [0.2, 0.25) is 0 Å². The number of aromatic nitrogens is 3. The van der Waals surface area contributed by atoms with Crippen molar-refractivity contribution in [3.05, 3.63) is 48.3 Å². The Balaban J connectivity index is 1.85. The first-order chi connectivity index (χ1) is 10.5. The maximum atomic E-state index is 12.2. The van der Waals surface area contributed by atoms with Gasteiger partial charge in [-0.3, -0.25) is 9.48 Å². The van der Waals surface area contributed by atoms with Crippen LogP contribution in [0.4, 0.5) is 5.82 Å². The van der Waals surface area contributed by atoms with Gasteiger partial charge in [-0.25, -0.2) is 0 Å². The highest BCUT2D eigenvalue weighted by atomic mass is 16.1. The van der Waals surface area contributed by atoms with E-state index < -0.39 is 0 Å². The van der Waals surface area contributed by atoms with E-state index in [1.807, 2.05) is 19.2 Å². The van der Waals surface area contributed by atoms with Crippen molar-refractivity contribution in [2.24, 2.45) is 7.05 Å². The van der Waals surface area contributed by atoms with Crippen LogP contribution >= 0.6 is 0 Å². The zero-order chi connectivity index (χ0) is 15.7. The number of hydrogen-bond acceptors (Lipinski definition) is 2. The maximum absolute atomic E-state index is 12.2. The van der Waals surface area contributed by atoms with Gasteiger partial charge in [-0.15, -0.1) is 0 Å². The molecule has 0 radical (unpaired) electrons. The largest absolute Gasteiger partial charge is 0.345 e. The number of anilines is 1. The van der Waals surface area contributed by atoms with Gasteiger partial charge in [-0.1, -0.05) is 18.2 Å². The molecule has 0 fully saturated rings. The van der Waals surface area contributed by atoms with E-state index in [0.717, 1.165) is 16.5 Å². The van der Waals surface area contributed by atoms with Crippen LogP contribution in [0.3, 0.4) is 0 Å². The highest BCUT2D eigenvalue weighted by molar-refractivity contribution is 5.95. The Morgan fingerprint density at radius 2 is 2.05 bits per heavy atom. The van der Waals surface area contributed by atoms with Gasteiger partial charge in [0.25, 0.3) is 0 Å². The van der Waals surface area contributed by atoms with Crippen molar-refractivity contribution >= 4 is 22.6 Å². The second-order valence-corrected chi connectivity index (χ2v) is 5.77. The van der Waals surface area contributed by atoms with Crippen LogP contribution in [0, 0.1) is 0 Å². The van der Waals surface area contributed by atoms with Gasteiger partial charge >= 0.3 is 0 Å². The van der Waals surface area contributed by atoms with E-state index in [-0.39, 0.29) is 5.91 Å². The summed E-state index contributed by atoms with van der Waals surface area (Å²) in [4.78, 5) is 12.2. The molecule has 1 aromatic carbocycles. The minimum atomic E-state index is -0.0506. The lowest BCUT2D eigenvalue weighted by atomic mass is 10.1. The molecule has 22 heavy (non-hydrogen) atoms. The molecule has 5 nitrogen and oxygen atoms in total. The fourth-order valence-corrected chi connectivity index (χ4v) is 2.69. The van der Waals surface area contributed by atoms with Crippen molar-refractivity contribution in [2.45, 2.75) is 26.3 Å². The summed E-state index contributed by atoms with van der Waals surface area (Å²) in [6.07, 6.45) is 4.23. The topological polar surface area (TPSA) is 51.9 Å². The zero-order valence-electron chi connectivity index (χ0n) is 13.1. The highest BCUT2D eigenvalue weighted by Crippen LogP contribution is 2.25. The molecule has 0 spiro atoms. The standard InChI is InChI=1S/C17H20N4O/c1-12(2)21-11-13(14-6-4-5-7-15(14)21)10-17(22)18-16-8-9-20(3)19-16/h4-9,11-12H,10H2,1-3H3,(H,18,19,22). The first-order valence-electron chi connectivity index (χ1n) is 7.42. The van der Waals surface area contributed by atoms with Crippen molar-refractivity contribution in [1.82, 2.24) is 14.3 Å². The average molecular weight is 296 g/mol. The fraction of sp³-hybridized carbons (Fsp3) is 0.294. The number of rotatable bonds is 4. The van der Waals surface area contributed by atoms with Crippen LogP contribution in [0.5, 0.6) is 0 Å². The Morgan fingerprint density at radius 1 is 1.27 bits per heavy atom. The molecule has 0 bridgehead atoms. The number of fused-ring (bicyclic) bond motifs is 1. The summed E-state index contributed by atoms with van der Waals surface area (Å²) in [5.41, 5.74) is 2.20. The van der Waals surface area contributed by atoms with Crippen molar-refractivity contribution in [1.29, 1.82) is 0 Å². The molecular formula is C17H20N4O. The summed E-state index contributed by atoms with van der Waals surface area (Å²) in [6, 6.07) is 10.3. The molecule has 2 aromatic heterocycles. The third-order valence-corrected chi connectivity index (χ3v) is 3.71. The Morgan fingerprint density at radius 3 is 2.73 bits per heavy atom. The van der Waals surface area contributed by atoms with Gasteiger partial charge in [0.1, 0.15) is 0 Å². The third kappa shape index (κ3) is 2.74. The van der Waals surface area contributed by atoms with E-state index in [9.17, 15) is 4.79 Å². The van der Waals surface area contributed by atoms with Crippen LogP contribution in [-0.2, 0) is 18.3 Å². The lowest BCUT2D eigenvalue weighted by Gasteiger charge is -2.08. The third-order valence-electron chi connectivity index (χ3n) is 3.71. The summed E-state index contributed by atoms with van der Waals surface area (Å²) in [5, 5.41) is 8.13. The second kappa shape index (κ2) is 5.67. The van der Waals surface area contributed by atoms with Crippen LogP contribution in [0.25, 0.3) is 10.9 Å². The number of nitrogens with zero attached hydrogens (tertiary/aromatic N) is 3. The molecule has 0 saturated heterocycles. The Kier molecular flexibility index (Phi) is 3.71. The molecule has 2 heterocycles. The summed E-state index contributed by atoms with van der Waals surface area (Å²) in [5.74, 6) is 0.533. The van der Waals surface area contributed by atoms with Crippen LogP contribution in [0.1, 0.15) is 25.5 Å². The van der Waals surface area contributed by atoms with Crippen molar-refractivity contribution in [2.75, 3.05) is 5.32 Å². The molecule has 0 saturated carbocycles. The van der Waals surface area contributed by atoms with E-state index in [2.05, 4.69) is 47.2 Å². The monoisotopic (exact) mass is 296 g/mol. The minimum Gasteiger partial charge on any atom is -0.345 e. The lowest BCUT2D eigenvalue weighted by Crippen LogP contribution is -2.14. The normalized spacial score (nSPS) is 11.3. The minimum absolute atomic E-state index is 0.0506. The molecular weight excluding hydrogens is 276 g/mol. The van der Waals surface area contributed by atoms with Gasteiger partial charge in [0, 0.05) is 42.5 Å². The van der Waals surface area contributed by atoms with E-state index in [0.29, 0.717) is 18.3 Å². The molecule has 3 rings (SSSR count). The number of benzene rings is 1.